The van der Waals surface area contributed by atoms with E-state index in [1.54, 1.807) is 12.2 Å². The Bertz CT molecular complexity index is 493. The number of likely N-dealkylation sites (tertiary alicyclic amines) is 1. The zero-order valence-corrected chi connectivity index (χ0v) is 13.3. The highest BCUT2D eigenvalue weighted by Crippen LogP contribution is 2.16. The number of benzene rings is 1. The number of nitrogens with one attached hydrogen (secondary N) is 1. The molecule has 0 aromatic heterocycles. The number of carbonyl (C=O) groups excluding carboxylic acids is 1. The van der Waals surface area contributed by atoms with E-state index in [4.69, 9.17) is 11.6 Å². The van der Waals surface area contributed by atoms with Crippen molar-refractivity contribution in [1.29, 1.82) is 0 Å². The lowest BCUT2D eigenvalue weighted by atomic mass is 10.0. The Morgan fingerprint density at radius 3 is 2.76 bits per heavy atom. The molecule has 114 valence electrons. The summed E-state index contributed by atoms with van der Waals surface area (Å²) in [4.78, 5) is 14.4. The number of nitrogens with zero attached hydrogens (tertiary/aromatic N) is 1. The predicted octanol–water partition coefficient (Wildman–Crippen LogP) is 3.34. The minimum absolute atomic E-state index is 0.0381. The van der Waals surface area contributed by atoms with Crippen LogP contribution < -0.4 is 5.32 Å². The second kappa shape index (κ2) is 8.20. The average molecular weight is 307 g/mol. The molecule has 0 unspecified atom stereocenters. The van der Waals surface area contributed by atoms with E-state index in [1.807, 2.05) is 24.3 Å². The standard InChI is InChI=1S/C17H23ClN2O/c1-2-11-20-12-9-15(10-13-20)19-17(21)8-7-14-5-3-4-6-16(14)18/h3-8,15H,2,9-13H2,1H3,(H,19,21)/b8-7+. The SMILES string of the molecule is CCCN1CCC(NC(=O)/C=C/c2ccccc2Cl)CC1. The van der Waals surface area contributed by atoms with Crippen molar-refractivity contribution >= 4 is 23.6 Å². The molecule has 1 heterocycles. The van der Waals surface area contributed by atoms with Gasteiger partial charge in [0.15, 0.2) is 0 Å². The molecule has 1 fully saturated rings. The lowest BCUT2D eigenvalue weighted by molar-refractivity contribution is -0.117. The molecule has 1 aliphatic heterocycles. The summed E-state index contributed by atoms with van der Waals surface area (Å²) in [6, 6.07) is 7.80. The van der Waals surface area contributed by atoms with Crippen molar-refractivity contribution in [3.05, 3.63) is 40.9 Å². The Morgan fingerprint density at radius 1 is 1.38 bits per heavy atom. The van der Waals surface area contributed by atoms with Crippen LogP contribution in [0.1, 0.15) is 31.7 Å². The number of hydrogen-bond acceptors (Lipinski definition) is 2. The van der Waals surface area contributed by atoms with Crippen LogP contribution in [-0.2, 0) is 4.79 Å². The lowest BCUT2D eigenvalue weighted by Crippen LogP contribution is -2.44. The average Bonchev–Trinajstić information content (AvgIpc) is 2.49. The van der Waals surface area contributed by atoms with Crippen LogP contribution in [0.4, 0.5) is 0 Å². The minimum atomic E-state index is -0.0381. The second-order valence-electron chi connectivity index (χ2n) is 5.48. The van der Waals surface area contributed by atoms with Crippen molar-refractivity contribution in [3.8, 4) is 0 Å². The van der Waals surface area contributed by atoms with Gasteiger partial charge in [-0.05, 0) is 43.5 Å². The van der Waals surface area contributed by atoms with E-state index in [9.17, 15) is 4.79 Å². The third kappa shape index (κ3) is 5.18. The van der Waals surface area contributed by atoms with Gasteiger partial charge in [-0.1, -0.05) is 36.7 Å². The number of piperidine rings is 1. The van der Waals surface area contributed by atoms with Gasteiger partial charge in [0, 0.05) is 30.2 Å². The van der Waals surface area contributed by atoms with E-state index in [2.05, 4.69) is 17.1 Å². The number of hydrogen-bond donors (Lipinski definition) is 1. The topological polar surface area (TPSA) is 32.3 Å². The molecule has 4 heteroatoms. The number of rotatable bonds is 5. The summed E-state index contributed by atoms with van der Waals surface area (Å²) in [5.74, 6) is -0.0381. The molecule has 0 spiro atoms. The van der Waals surface area contributed by atoms with Gasteiger partial charge in [0.2, 0.25) is 5.91 Å². The van der Waals surface area contributed by atoms with Crippen molar-refractivity contribution in [3.63, 3.8) is 0 Å². The Kier molecular flexibility index (Phi) is 6.27. The van der Waals surface area contributed by atoms with E-state index in [0.29, 0.717) is 11.1 Å². The van der Waals surface area contributed by atoms with Gasteiger partial charge in [-0.2, -0.15) is 0 Å². The Morgan fingerprint density at radius 2 is 2.10 bits per heavy atom. The molecule has 0 radical (unpaired) electrons. The highest BCUT2D eigenvalue weighted by Gasteiger charge is 2.19. The first-order valence-electron chi connectivity index (χ1n) is 7.64. The van der Waals surface area contributed by atoms with Gasteiger partial charge in [-0.25, -0.2) is 0 Å². The minimum Gasteiger partial charge on any atom is -0.350 e. The summed E-state index contributed by atoms with van der Waals surface area (Å²) in [6.45, 7) is 5.51. The Labute approximate surface area is 132 Å². The molecular formula is C17H23ClN2O. The van der Waals surface area contributed by atoms with Crippen molar-refractivity contribution in [2.45, 2.75) is 32.2 Å². The van der Waals surface area contributed by atoms with Crippen LogP contribution >= 0.6 is 11.6 Å². The van der Waals surface area contributed by atoms with Crippen LogP contribution in [0.3, 0.4) is 0 Å². The van der Waals surface area contributed by atoms with Gasteiger partial charge in [-0.15, -0.1) is 0 Å². The van der Waals surface area contributed by atoms with E-state index in [1.165, 1.54) is 6.42 Å². The molecule has 1 amide bonds. The molecule has 1 N–H and O–H groups in total. The van der Waals surface area contributed by atoms with Crippen LogP contribution in [0.2, 0.25) is 5.02 Å². The number of halogens is 1. The summed E-state index contributed by atoms with van der Waals surface area (Å²) >= 11 is 6.06. The van der Waals surface area contributed by atoms with E-state index in [0.717, 1.165) is 38.0 Å². The fourth-order valence-corrected chi connectivity index (χ4v) is 2.84. The van der Waals surface area contributed by atoms with Gasteiger partial charge in [0.05, 0.1) is 0 Å². The maximum atomic E-state index is 11.9. The van der Waals surface area contributed by atoms with E-state index < -0.39 is 0 Å². The second-order valence-corrected chi connectivity index (χ2v) is 5.89. The summed E-state index contributed by atoms with van der Waals surface area (Å²) in [5, 5.41) is 3.74. The maximum Gasteiger partial charge on any atom is 0.244 e. The van der Waals surface area contributed by atoms with Crippen LogP contribution in [0.25, 0.3) is 6.08 Å². The molecule has 1 aliphatic rings. The number of carbonyl (C=O) groups is 1. The summed E-state index contributed by atoms with van der Waals surface area (Å²) in [7, 11) is 0. The van der Waals surface area contributed by atoms with Crippen LogP contribution in [0.5, 0.6) is 0 Å². The third-order valence-electron chi connectivity index (χ3n) is 3.79. The fraction of sp³-hybridized carbons (Fsp3) is 0.471. The van der Waals surface area contributed by atoms with Gasteiger partial charge < -0.3 is 10.2 Å². The molecule has 2 rings (SSSR count). The molecule has 1 aromatic rings. The first-order chi connectivity index (χ1) is 10.2. The van der Waals surface area contributed by atoms with Gasteiger partial charge in [0.25, 0.3) is 0 Å². The molecule has 0 saturated carbocycles. The van der Waals surface area contributed by atoms with Gasteiger partial charge in [-0.3, -0.25) is 4.79 Å². The van der Waals surface area contributed by atoms with Crippen molar-refractivity contribution in [1.82, 2.24) is 10.2 Å². The molecule has 0 aliphatic carbocycles. The first kappa shape index (κ1) is 16.1. The van der Waals surface area contributed by atoms with Crippen LogP contribution in [0.15, 0.2) is 30.3 Å². The highest BCUT2D eigenvalue weighted by atomic mass is 35.5. The van der Waals surface area contributed by atoms with Gasteiger partial charge >= 0.3 is 0 Å². The van der Waals surface area contributed by atoms with Gasteiger partial charge in [0.1, 0.15) is 0 Å². The third-order valence-corrected chi connectivity index (χ3v) is 4.14. The van der Waals surface area contributed by atoms with Crippen molar-refractivity contribution in [2.75, 3.05) is 19.6 Å². The summed E-state index contributed by atoms with van der Waals surface area (Å²) < 4.78 is 0. The zero-order chi connectivity index (χ0) is 15.1. The zero-order valence-electron chi connectivity index (χ0n) is 12.5. The molecule has 0 atom stereocenters. The smallest absolute Gasteiger partial charge is 0.244 e. The summed E-state index contributed by atoms with van der Waals surface area (Å²) in [5.41, 5.74) is 0.868. The van der Waals surface area contributed by atoms with Crippen LogP contribution in [-0.4, -0.2) is 36.5 Å². The Balaban J connectivity index is 1.79. The van der Waals surface area contributed by atoms with Crippen LogP contribution in [0, 0.1) is 0 Å². The van der Waals surface area contributed by atoms with Crippen molar-refractivity contribution < 1.29 is 4.79 Å². The predicted molar refractivity (Wildman–Crippen MR) is 88.4 cm³/mol. The number of amides is 1. The summed E-state index contributed by atoms with van der Waals surface area (Å²) in [6.07, 6.45) is 6.60. The molecular weight excluding hydrogens is 284 g/mol. The fourth-order valence-electron chi connectivity index (χ4n) is 2.64. The maximum absolute atomic E-state index is 11.9. The monoisotopic (exact) mass is 306 g/mol. The molecule has 21 heavy (non-hydrogen) atoms. The normalized spacial score (nSPS) is 17.2. The molecule has 3 nitrogen and oxygen atoms in total. The molecule has 0 bridgehead atoms. The highest BCUT2D eigenvalue weighted by molar-refractivity contribution is 6.32. The first-order valence-corrected chi connectivity index (χ1v) is 8.02. The lowest BCUT2D eigenvalue weighted by Gasteiger charge is -2.31. The van der Waals surface area contributed by atoms with Crippen molar-refractivity contribution in [2.24, 2.45) is 0 Å². The largest absolute Gasteiger partial charge is 0.350 e. The van der Waals surface area contributed by atoms with E-state index >= 15 is 0 Å². The molecule has 1 saturated heterocycles. The Hall–Kier alpha value is -1.32. The molecule has 1 aromatic carbocycles. The van der Waals surface area contributed by atoms with E-state index in [-0.39, 0.29) is 5.91 Å². The quantitative estimate of drug-likeness (QED) is 0.846.